The lowest BCUT2D eigenvalue weighted by molar-refractivity contribution is -0.177. The van der Waals surface area contributed by atoms with E-state index in [9.17, 15) is 19.2 Å². The third-order valence-corrected chi connectivity index (χ3v) is 3.38. The van der Waals surface area contributed by atoms with E-state index in [1.807, 2.05) is 0 Å². The van der Waals surface area contributed by atoms with Gasteiger partial charge in [-0.2, -0.15) is 0 Å². The van der Waals surface area contributed by atoms with Gasteiger partial charge >= 0.3 is 23.9 Å². The zero-order chi connectivity index (χ0) is 20.0. The molecule has 0 bridgehead atoms. The van der Waals surface area contributed by atoms with Crippen molar-refractivity contribution in [2.75, 3.05) is 13.2 Å². The fourth-order valence-corrected chi connectivity index (χ4v) is 1.31. The van der Waals surface area contributed by atoms with Gasteiger partial charge < -0.3 is 14.2 Å². The maximum absolute atomic E-state index is 12.2. The van der Waals surface area contributed by atoms with Gasteiger partial charge in [0.2, 0.25) is 0 Å². The third-order valence-electron chi connectivity index (χ3n) is 3.38. The summed E-state index contributed by atoms with van der Waals surface area (Å²) in [5.41, 5.74) is -2.35. The minimum atomic E-state index is -1.18. The van der Waals surface area contributed by atoms with Crippen molar-refractivity contribution < 1.29 is 33.4 Å². The van der Waals surface area contributed by atoms with Gasteiger partial charge in [-0.25, -0.2) is 0 Å². The molecule has 0 aromatic carbocycles. The monoisotopic (exact) mass is 358 g/mol. The van der Waals surface area contributed by atoms with Crippen LogP contribution in [0.25, 0.3) is 0 Å². The molecule has 0 aliphatic rings. The summed E-state index contributed by atoms with van der Waals surface area (Å²) in [5, 5.41) is 0. The van der Waals surface area contributed by atoms with Crippen LogP contribution in [0.3, 0.4) is 0 Å². The van der Waals surface area contributed by atoms with E-state index < -0.39 is 34.7 Å². The van der Waals surface area contributed by atoms with E-state index in [-0.39, 0.29) is 25.0 Å². The molecule has 0 unspecified atom stereocenters. The SMILES string of the molecule is CC(C)C(=O)OCC(C)(C)C(=O)OC(=O)C(C)(C)COC(=O)C(C)C. The number of carbonyl (C=O) groups is 4. The summed E-state index contributed by atoms with van der Waals surface area (Å²) in [5.74, 6) is -3.12. The first-order valence-electron chi connectivity index (χ1n) is 8.30. The van der Waals surface area contributed by atoms with Crippen molar-refractivity contribution in [3.8, 4) is 0 Å². The maximum Gasteiger partial charge on any atom is 0.322 e. The van der Waals surface area contributed by atoms with E-state index in [2.05, 4.69) is 0 Å². The molecule has 0 spiro atoms. The van der Waals surface area contributed by atoms with Crippen LogP contribution in [0.1, 0.15) is 55.4 Å². The second-order valence-electron chi connectivity index (χ2n) is 7.97. The number of ether oxygens (including phenoxy) is 3. The average molecular weight is 358 g/mol. The summed E-state index contributed by atoms with van der Waals surface area (Å²) in [6, 6.07) is 0. The van der Waals surface area contributed by atoms with Gasteiger partial charge in [0.25, 0.3) is 0 Å². The minimum absolute atomic E-state index is 0.196. The van der Waals surface area contributed by atoms with Crippen molar-refractivity contribution in [3.05, 3.63) is 0 Å². The molecule has 0 saturated carbocycles. The molecule has 25 heavy (non-hydrogen) atoms. The third kappa shape index (κ3) is 7.67. The Morgan fingerprint density at radius 1 is 0.680 bits per heavy atom. The summed E-state index contributed by atoms with van der Waals surface area (Å²) in [4.78, 5) is 47.4. The highest BCUT2D eigenvalue weighted by Gasteiger charge is 2.38. The number of hydrogen-bond acceptors (Lipinski definition) is 7. The van der Waals surface area contributed by atoms with E-state index in [1.165, 1.54) is 27.7 Å². The van der Waals surface area contributed by atoms with E-state index in [4.69, 9.17) is 14.2 Å². The van der Waals surface area contributed by atoms with Crippen molar-refractivity contribution >= 4 is 23.9 Å². The van der Waals surface area contributed by atoms with Crippen molar-refractivity contribution in [1.82, 2.24) is 0 Å². The number of esters is 4. The molecule has 0 fully saturated rings. The van der Waals surface area contributed by atoms with Crippen LogP contribution in [0.4, 0.5) is 0 Å². The van der Waals surface area contributed by atoms with Gasteiger partial charge in [0.15, 0.2) is 0 Å². The molecule has 0 aromatic heterocycles. The predicted molar refractivity (Wildman–Crippen MR) is 90.3 cm³/mol. The van der Waals surface area contributed by atoms with Crippen LogP contribution in [0.15, 0.2) is 0 Å². The largest absolute Gasteiger partial charge is 0.464 e. The van der Waals surface area contributed by atoms with Crippen molar-refractivity contribution in [2.24, 2.45) is 22.7 Å². The zero-order valence-electron chi connectivity index (χ0n) is 16.4. The highest BCUT2D eigenvalue weighted by Crippen LogP contribution is 2.24. The van der Waals surface area contributed by atoms with Crippen LogP contribution in [-0.2, 0) is 33.4 Å². The van der Waals surface area contributed by atoms with Crippen molar-refractivity contribution in [2.45, 2.75) is 55.4 Å². The molecular formula is C18H30O7. The molecule has 7 heteroatoms. The lowest BCUT2D eigenvalue weighted by Gasteiger charge is -2.26. The number of hydrogen-bond donors (Lipinski definition) is 0. The first-order chi connectivity index (χ1) is 11.2. The molecule has 0 aromatic rings. The van der Waals surface area contributed by atoms with Gasteiger partial charge in [0, 0.05) is 0 Å². The van der Waals surface area contributed by atoms with E-state index >= 15 is 0 Å². The Morgan fingerprint density at radius 2 is 0.960 bits per heavy atom. The van der Waals surface area contributed by atoms with Crippen molar-refractivity contribution in [3.63, 3.8) is 0 Å². The summed E-state index contributed by atoms with van der Waals surface area (Å²) in [7, 11) is 0. The first-order valence-corrected chi connectivity index (χ1v) is 8.30. The Labute approximate surface area is 149 Å². The molecule has 0 aliphatic heterocycles. The fraction of sp³-hybridized carbons (Fsp3) is 0.778. The van der Waals surface area contributed by atoms with Crippen LogP contribution in [0, 0.1) is 22.7 Å². The fourth-order valence-electron chi connectivity index (χ4n) is 1.31. The van der Waals surface area contributed by atoms with Gasteiger partial charge in [0.05, 0.1) is 22.7 Å². The summed E-state index contributed by atoms with van der Waals surface area (Å²) in [6.07, 6.45) is 0. The van der Waals surface area contributed by atoms with Crippen molar-refractivity contribution in [1.29, 1.82) is 0 Å². The Hall–Kier alpha value is -1.92. The Morgan fingerprint density at radius 3 is 1.20 bits per heavy atom. The molecule has 0 rings (SSSR count). The number of carbonyl (C=O) groups excluding carboxylic acids is 4. The summed E-state index contributed by atoms with van der Waals surface area (Å²) in [6.45, 7) is 12.4. The maximum atomic E-state index is 12.2. The smallest absolute Gasteiger partial charge is 0.322 e. The Balaban J connectivity index is 4.72. The second-order valence-corrected chi connectivity index (χ2v) is 7.97. The molecule has 7 nitrogen and oxygen atoms in total. The van der Waals surface area contributed by atoms with Crippen LogP contribution >= 0.6 is 0 Å². The summed E-state index contributed by atoms with van der Waals surface area (Å²) < 4.78 is 15.0. The lowest BCUT2D eigenvalue weighted by atomic mass is 9.93. The molecule has 0 aliphatic carbocycles. The summed E-state index contributed by atoms with van der Waals surface area (Å²) >= 11 is 0. The van der Waals surface area contributed by atoms with Crippen LogP contribution in [0.5, 0.6) is 0 Å². The lowest BCUT2D eigenvalue weighted by Crippen LogP contribution is -2.40. The molecule has 0 radical (unpaired) electrons. The van der Waals surface area contributed by atoms with Gasteiger partial charge in [-0.1, -0.05) is 27.7 Å². The van der Waals surface area contributed by atoms with Gasteiger partial charge in [-0.15, -0.1) is 0 Å². The van der Waals surface area contributed by atoms with Gasteiger partial charge in [-0.3, -0.25) is 19.2 Å². The van der Waals surface area contributed by atoms with Crippen LogP contribution in [-0.4, -0.2) is 37.1 Å². The predicted octanol–water partition coefficient (Wildman–Crippen LogP) is 2.51. The Kier molecular flexibility index (Phi) is 8.28. The van der Waals surface area contributed by atoms with E-state index in [0.29, 0.717) is 0 Å². The van der Waals surface area contributed by atoms with E-state index in [0.717, 1.165) is 0 Å². The molecule has 0 heterocycles. The standard InChI is InChI=1S/C18H30O7/c1-11(2)13(19)23-9-17(5,6)15(21)25-16(22)18(7,8)10-24-14(20)12(3)4/h11-12H,9-10H2,1-8H3. The topological polar surface area (TPSA) is 96.0 Å². The Bertz CT molecular complexity index is 470. The molecular weight excluding hydrogens is 328 g/mol. The normalized spacial score (nSPS) is 12.1. The highest BCUT2D eigenvalue weighted by atomic mass is 16.6. The quantitative estimate of drug-likeness (QED) is 0.374. The molecule has 0 atom stereocenters. The minimum Gasteiger partial charge on any atom is -0.464 e. The van der Waals surface area contributed by atoms with Crippen LogP contribution < -0.4 is 0 Å². The molecule has 0 amide bonds. The second kappa shape index (κ2) is 8.97. The number of rotatable bonds is 8. The average Bonchev–Trinajstić information content (AvgIpc) is 2.49. The van der Waals surface area contributed by atoms with Gasteiger partial charge in [0.1, 0.15) is 13.2 Å². The molecule has 0 saturated heterocycles. The molecule has 144 valence electrons. The van der Waals surface area contributed by atoms with E-state index in [1.54, 1.807) is 27.7 Å². The highest BCUT2D eigenvalue weighted by molar-refractivity contribution is 5.91. The zero-order valence-corrected chi connectivity index (χ0v) is 16.4. The molecule has 0 N–H and O–H groups in total. The first kappa shape index (κ1) is 23.1. The van der Waals surface area contributed by atoms with Gasteiger partial charge in [-0.05, 0) is 27.7 Å². The van der Waals surface area contributed by atoms with Crippen LogP contribution in [0.2, 0.25) is 0 Å².